The number of carbonyl (C=O) groups is 2. The summed E-state index contributed by atoms with van der Waals surface area (Å²) in [6, 6.07) is 30.6. The van der Waals surface area contributed by atoms with E-state index in [-0.39, 0.29) is 11.1 Å². The van der Waals surface area contributed by atoms with Crippen LogP contribution in [-0.4, -0.2) is 32.4 Å². The van der Waals surface area contributed by atoms with Gasteiger partial charge in [-0.2, -0.15) is 0 Å². The van der Waals surface area contributed by atoms with Crippen molar-refractivity contribution >= 4 is 11.9 Å². The second kappa shape index (κ2) is 10.6. The van der Waals surface area contributed by atoms with Crippen LogP contribution >= 0.6 is 0 Å². The van der Waals surface area contributed by atoms with Crippen LogP contribution in [0.25, 0.3) is 0 Å². The normalized spacial score (nSPS) is 16.0. The quantitative estimate of drug-likeness (QED) is 0.245. The Morgan fingerprint density at radius 3 is 1.16 bits per heavy atom. The minimum Gasteiger partial charge on any atom is -0.481 e. The van der Waals surface area contributed by atoms with Crippen LogP contribution in [-0.2, 0) is 20.8 Å². The van der Waals surface area contributed by atoms with Crippen LogP contribution in [0.4, 0.5) is 0 Å². The molecule has 0 aromatic heterocycles. The Hall–Kier alpha value is -4.26. The summed E-state index contributed by atoms with van der Waals surface area (Å²) in [6.07, 6.45) is 0. The van der Waals surface area contributed by atoms with Gasteiger partial charge in [0, 0.05) is 0 Å². The topological polar surface area (TPSA) is 115 Å². The van der Waals surface area contributed by atoms with Gasteiger partial charge in [0.25, 0.3) is 0 Å². The fourth-order valence-corrected chi connectivity index (χ4v) is 4.88. The number of carboxylic acid groups (broad SMARTS) is 2. The van der Waals surface area contributed by atoms with Crippen LogP contribution in [0.2, 0.25) is 0 Å². The molecule has 0 bridgehead atoms. The molecule has 0 spiro atoms. The molecule has 4 aromatic carbocycles. The summed E-state index contributed by atoms with van der Waals surface area (Å²) in [5.41, 5.74) is -1.94. The largest absolute Gasteiger partial charge is 0.481 e. The summed E-state index contributed by atoms with van der Waals surface area (Å²) in [5.74, 6) is -3.72. The summed E-state index contributed by atoms with van der Waals surface area (Å²) < 4.78 is 0. The highest BCUT2D eigenvalue weighted by Gasteiger charge is 2.54. The van der Waals surface area contributed by atoms with Gasteiger partial charge in [-0.05, 0) is 47.2 Å². The van der Waals surface area contributed by atoms with Crippen molar-refractivity contribution in [3.63, 3.8) is 0 Å². The Morgan fingerprint density at radius 1 is 0.526 bits per heavy atom. The van der Waals surface area contributed by atoms with Crippen LogP contribution < -0.4 is 0 Å². The number of aliphatic carboxylic acids is 2. The Bertz CT molecular complexity index is 1320. The fourth-order valence-electron chi connectivity index (χ4n) is 4.88. The molecule has 0 heterocycles. The molecule has 0 fully saturated rings. The minimum atomic E-state index is -2.10. The lowest BCUT2D eigenvalue weighted by Crippen LogP contribution is -2.51. The minimum absolute atomic E-state index is 0.289. The fraction of sp³-hybridized carbons (Fsp3) is 0.188. The van der Waals surface area contributed by atoms with Crippen molar-refractivity contribution in [2.24, 2.45) is 0 Å². The monoisotopic (exact) mass is 510 g/mol. The van der Waals surface area contributed by atoms with Crippen LogP contribution in [0, 0.1) is 0 Å². The third-order valence-corrected chi connectivity index (χ3v) is 7.26. The van der Waals surface area contributed by atoms with Gasteiger partial charge in [0.05, 0.1) is 11.8 Å². The third kappa shape index (κ3) is 4.60. The lowest BCUT2D eigenvalue weighted by molar-refractivity contribution is -0.139. The molecule has 0 aliphatic rings. The summed E-state index contributed by atoms with van der Waals surface area (Å²) in [6.45, 7) is 3.12. The van der Waals surface area contributed by atoms with E-state index in [9.17, 15) is 30.0 Å². The van der Waals surface area contributed by atoms with Crippen molar-refractivity contribution in [2.75, 3.05) is 0 Å². The van der Waals surface area contributed by atoms with E-state index in [4.69, 9.17) is 0 Å². The molecule has 0 saturated heterocycles. The lowest BCUT2D eigenvalue weighted by Gasteiger charge is -2.45. The molecule has 0 radical (unpaired) electrons. The highest BCUT2D eigenvalue weighted by molar-refractivity contribution is 5.76. The van der Waals surface area contributed by atoms with Gasteiger partial charge in [0.15, 0.2) is 11.2 Å². The lowest BCUT2D eigenvalue weighted by atomic mass is 9.65. The van der Waals surface area contributed by atoms with Gasteiger partial charge in [-0.1, -0.05) is 109 Å². The zero-order valence-corrected chi connectivity index (χ0v) is 21.2. The molecule has 0 amide bonds. The molecule has 0 saturated carbocycles. The van der Waals surface area contributed by atoms with Crippen molar-refractivity contribution in [1.29, 1.82) is 0 Å². The van der Waals surface area contributed by atoms with E-state index in [0.717, 1.165) is 0 Å². The zero-order chi connectivity index (χ0) is 27.5. The highest BCUT2D eigenvalue weighted by Crippen LogP contribution is 2.50. The highest BCUT2D eigenvalue weighted by atomic mass is 16.4. The number of hydrogen-bond acceptors (Lipinski definition) is 4. The van der Waals surface area contributed by atoms with Crippen LogP contribution in [0.15, 0.2) is 109 Å². The van der Waals surface area contributed by atoms with E-state index in [1.807, 2.05) is 0 Å². The van der Waals surface area contributed by atoms with E-state index < -0.39 is 35.0 Å². The van der Waals surface area contributed by atoms with Gasteiger partial charge in [-0.15, -0.1) is 0 Å². The number of aliphatic hydroxyl groups is 2. The summed E-state index contributed by atoms with van der Waals surface area (Å²) in [4.78, 5) is 23.5. The van der Waals surface area contributed by atoms with Crippen molar-refractivity contribution in [1.82, 2.24) is 0 Å². The molecule has 0 aliphatic heterocycles. The van der Waals surface area contributed by atoms with Crippen LogP contribution in [0.3, 0.4) is 0 Å². The average molecular weight is 511 g/mol. The van der Waals surface area contributed by atoms with Crippen molar-refractivity contribution < 1.29 is 30.0 Å². The molecule has 4 rings (SSSR count). The summed E-state index contributed by atoms with van der Waals surface area (Å²) >= 11 is 0. The van der Waals surface area contributed by atoms with Gasteiger partial charge in [-0.25, -0.2) is 0 Å². The Kier molecular flexibility index (Phi) is 7.49. The van der Waals surface area contributed by atoms with Crippen LogP contribution in [0.5, 0.6) is 0 Å². The molecule has 0 aliphatic carbocycles. The summed E-state index contributed by atoms with van der Waals surface area (Å²) in [5, 5.41) is 45.0. The smallest absolute Gasteiger partial charge is 0.310 e. The van der Waals surface area contributed by atoms with E-state index in [1.54, 1.807) is 123 Å². The Labute approximate surface area is 221 Å². The molecule has 194 valence electrons. The van der Waals surface area contributed by atoms with Gasteiger partial charge in [0.1, 0.15) is 0 Å². The summed E-state index contributed by atoms with van der Waals surface area (Å²) in [7, 11) is 0. The first-order chi connectivity index (χ1) is 18.1. The number of hydrogen-bond donors (Lipinski definition) is 4. The molecular formula is C32H30O6. The van der Waals surface area contributed by atoms with Gasteiger partial charge < -0.3 is 20.4 Å². The second-order valence-electron chi connectivity index (χ2n) is 9.52. The first-order valence-corrected chi connectivity index (χ1v) is 12.3. The van der Waals surface area contributed by atoms with Crippen molar-refractivity contribution in [3.05, 3.63) is 143 Å². The Morgan fingerprint density at radius 2 is 0.842 bits per heavy atom. The van der Waals surface area contributed by atoms with Crippen molar-refractivity contribution in [3.8, 4) is 0 Å². The standard InChI is InChI=1S/C32H30O6/c1-21(29(33)34)23-11-9-17-27(19-23)31(37,25-13-5-3-6-14-25)32(38,26-15-7-4-8-16-26)28-18-10-12-24(20-28)22(2)30(35)36/h3-22,37-38H,1-2H3,(H,33,34)(H,35,36). The molecule has 4 aromatic rings. The first kappa shape index (κ1) is 26.8. The number of rotatable bonds is 9. The maximum atomic E-state index is 12.8. The zero-order valence-electron chi connectivity index (χ0n) is 21.2. The van der Waals surface area contributed by atoms with E-state index in [1.165, 1.54) is 0 Å². The molecule has 6 nitrogen and oxygen atoms in total. The average Bonchev–Trinajstić information content (AvgIpc) is 2.96. The van der Waals surface area contributed by atoms with Gasteiger partial charge in [-0.3, -0.25) is 9.59 Å². The maximum absolute atomic E-state index is 12.8. The van der Waals surface area contributed by atoms with Gasteiger partial charge in [0.2, 0.25) is 0 Å². The third-order valence-electron chi connectivity index (χ3n) is 7.26. The molecule has 6 heteroatoms. The second-order valence-corrected chi connectivity index (χ2v) is 9.52. The predicted molar refractivity (Wildman–Crippen MR) is 144 cm³/mol. The molecule has 4 unspecified atom stereocenters. The van der Waals surface area contributed by atoms with Crippen LogP contribution in [0.1, 0.15) is 59.1 Å². The SMILES string of the molecule is CC(C(=O)O)c1cccc(C(O)(c2ccccc2)C(O)(c2ccccc2)c2cccc(C(C)C(=O)O)c2)c1. The van der Waals surface area contributed by atoms with Gasteiger partial charge >= 0.3 is 11.9 Å². The molecular weight excluding hydrogens is 480 g/mol. The Balaban J connectivity index is 2.09. The maximum Gasteiger partial charge on any atom is 0.310 e. The van der Waals surface area contributed by atoms with Crippen molar-refractivity contribution in [2.45, 2.75) is 36.9 Å². The number of benzene rings is 4. The van der Waals surface area contributed by atoms with E-state index in [2.05, 4.69) is 0 Å². The first-order valence-electron chi connectivity index (χ1n) is 12.3. The molecule has 4 N–H and O–H groups in total. The number of carboxylic acids is 2. The van der Waals surface area contributed by atoms with E-state index >= 15 is 0 Å². The molecule has 4 atom stereocenters. The predicted octanol–water partition coefficient (Wildman–Crippen LogP) is 5.23. The molecule has 38 heavy (non-hydrogen) atoms. The van der Waals surface area contributed by atoms with E-state index in [0.29, 0.717) is 22.3 Å².